The van der Waals surface area contributed by atoms with Gasteiger partial charge in [0.15, 0.2) is 23.3 Å². The van der Waals surface area contributed by atoms with Gasteiger partial charge in [-0.05, 0) is 6.07 Å². The number of aromatic nitrogens is 1. The van der Waals surface area contributed by atoms with Crippen LogP contribution >= 0.6 is 0 Å². The Morgan fingerprint density at radius 2 is 1.76 bits per heavy atom. The van der Waals surface area contributed by atoms with Crippen molar-refractivity contribution in [3.8, 4) is 0 Å². The summed E-state index contributed by atoms with van der Waals surface area (Å²) in [5, 5.41) is 4.28. The van der Waals surface area contributed by atoms with E-state index >= 15 is 0 Å². The molecule has 2 aromatic rings. The fraction of sp³-hybridized carbons (Fsp3) is 0.0769. The van der Waals surface area contributed by atoms with E-state index < -0.39 is 40.4 Å². The molecule has 1 amide bonds. The van der Waals surface area contributed by atoms with E-state index in [1.54, 1.807) is 0 Å². The molecule has 1 aromatic heterocycles. The van der Waals surface area contributed by atoms with E-state index in [1.807, 2.05) is 5.32 Å². The highest BCUT2D eigenvalue weighted by atomic mass is 19.1. The number of hydrogen-bond donors (Lipinski definition) is 2. The number of benzene rings is 1. The second kappa shape index (κ2) is 5.78. The molecule has 0 saturated heterocycles. The van der Waals surface area contributed by atoms with E-state index in [9.17, 15) is 22.4 Å². The molecule has 1 aromatic carbocycles. The van der Waals surface area contributed by atoms with Gasteiger partial charge in [0.2, 0.25) is 0 Å². The first-order valence-corrected chi connectivity index (χ1v) is 5.72. The lowest BCUT2D eigenvalue weighted by Crippen LogP contribution is -2.17. The zero-order chi connectivity index (χ0) is 15.6. The van der Waals surface area contributed by atoms with E-state index in [-0.39, 0.29) is 5.82 Å². The summed E-state index contributed by atoms with van der Waals surface area (Å²) < 4.78 is 53.5. The first-order chi connectivity index (χ1) is 9.93. The summed E-state index contributed by atoms with van der Waals surface area (Å²) in [6, 6.07) is 1.85. The highest BCUT2D eigenvalue weighted by molar-refractivity contribution is 6.05. The minimum absolute atomic E-state index is 0.192. The molecular weight excluding hydrogens is 290 g/mol. The maximum atomic E-state index is 13.9. The smallest absolute Gasteiger partial charge is 0.258 e. The normalized spacial score (nSPS) is 10.3. The summed E-state index contributed by atoms with van der Waals surface area (Å²) in [6.07, 6.45) is 1.15. The molecule has 0 unspecified atom stereocenters. The van der Waals surface area contributed by atoms with Gasteiger partial charge in [0.25, 0.3) is 5.91 Å². The molecule has 2 N–H and O–H groups in total. The number of anilines is 2. The standard InChI is InChI=1S/C13H9F4N3O/c1-18-12-10(17)7(2-3-19-12)13(21)20-11-8(15)4-6(14)5-9(11)16/h2-5H,1H3,(H,18,19)(H,20,21). The van der Waals surface area contributed by atoms with Gasteiger partial charge in [-0.25, -0.2) is 22.5 Å². The SMILES string of the molecule is CNc1nccc(C(=O)Nc2c(F)cc(F)cc2F)c1F. The van der Waals surface area contributed by atoms with E-state index in [1.165, 1.54) is 7.05 Å². The fourth-order valence-electron chi connectivity index (χ4n) is 1.64. The molecule has 0 saturated carbocycles. The molecule has 0 radical (unpaired) electrons. The molecule has 8 heteroatoms. The van der Waals surface area contributed by atoms with Gasteiger partial charge in [-0.1, -0.05) is 0 Å². The molecular formula is C13H9F4N3O. The second-order valence-corrected chi connectivity index (χ2v) is 3.97. The number of amides is 1. The van der Waals surface area contributed by atoms with Crippen molar-refractivity contribution in [3.63, 3.8) is 0 Å². The van der Waals surface area contributed by atoms with Gasteiger partial charge in [-0.15, -0.1) is 0 Å². The van der Waals surface area contributed by atoms with Crippen molar-refractivity contribution in [2.45, 2.75) is 0 Å². The van der Waals surface area contributed by atoms with Crippen molar-refractivity contribution < 1.29 is 22.4 Å². The third-order valence-corrected chi connectivity index (χ3v) is 2.62. The van der Waals surface area contributed by atoms with Crippen LogP contribution in [0.2, 0.25) is 0 Å². The van der Waals surface area contributed by atoms with Crippen LogP contribution in [0.3, 0.4) is 0 Å². The molecule has 0 bridgehead atoms. The zero-order valence-electron chi connectivity index (χ0n) is 10.7. The van der Waals surface area contributed by atoms with Crippen LogP contribution in [0.5, 0.6) is 0 Å². The molecule has 2 rings (SSSR count). The molecule has 110 valence electrons. The van der Waals surface area contributed by atoms with Gasteiger partial charge in [0, 0.05) is 25.4 Å². The van der Waals surface area contributed by atoms with Crippen LogP contribution in [0, 0.1) is 23.3 Å². The van der Waals surface area contributed by atoms with Gasteiger partial charge >= 0.3 is 0 Å². The molecule has 4 nitrogen and oxygen atoms in total. The Morgan fingerprint density at radius 3 is 2.33 bits per heavy atom. The van der Waals surface area contributed by atoms with E-state index in [2.05, 4.69) is 10.3 Å². The van der Waals surface area contributed by atoms with Crippen LogP contribution in [0.25, 0.3) is 0 Å². The molecule has 0 aliphatic carbocycles. The van der Waals surface area contributed by atoms with Crippen molar-refractivity contribution in [2.75, 3.05) is 17.7 Å². The number of carbonyl (C=O) groups excluding carboxylic acids is 1. The molecule has 1 heterocycles. The first-order valence-electron chi connectivity index (χ1n) is 5.72. The molecule has 21 heavy (non-hydrogen) atoms. The zero-order valence-corrected chi connectivity index (χ0v) is 10.7. The number of nitrogens with zero attached hydrogens (tertiary/aromatic N) is 1. The van der Waals surface area contributed by atoms with Gasteiger partial charge in [0.1, 0.15) is 11.5 Å². The van der Waals surface area contributed by atoms with Crippen molar-refractivity contribution in [2.24, 2.45) is 0 Å². The minimum Gasteiger partial charge on any atom is -0.371 e. The number of carbonyl (C=O) groups is 1. The Morgan fingerprint density at radius 1 is 1.14 bits per heavy atom. The topological polar surface area (TPSA) is 54.0 Å². The van der Waals surface area contributed by atoms with Gasteiger partial charge in [-0.3, -0.25) is 4.79 Å². The van der Waals surface area contributed by atoms with E-state index in [0.29, 0.717) is 12.1 Å². The first kappa shape index (κ1) is 14.8. The lowest BCUT2D eigenvalue weighted by atomic mass is 10.2. The molecule has 0 aliphatic rings. The predicted molar refractivity (Wildman–Crippen MR) is 68.0 cm³/mol. The third kappa shape index (κ3) is 2.93. The molecule has 0 atom stereocenters. The summed E-state index contributed by atoms with van der Waals surface area (Å²) in [5.74, 6) is -5.98. The van der Waals surface area contributed by atoms with Crippen LogP contribution < -0.4 is 10.6 Å². The summed E-state index contributed by atoms with van der Waals surface area (Å²) in [7, 11) is 1.40. The van der Waals surface area contributed by atoms with E-state index in [0.717, 1.165) is 12.3 Å². The van der Waals surface area contributed by atoms with E-state index in [4.69, 9.17) is 0 Å². The van der Waals surface area contributed by atoms with Crippen LogP contribution in [-0.2, 0) is 0 Å². The Kier molecular flexibility index (Phi) is 4.06. The Bertz CT molecular complexity index is 683. The average Bonchev–Trinajstić information content (AvgIpc) is 2.42. The second-order valence-electron chi connectivity index (χ2n) is 3.97. The summed E-state index contributed by atoms with van der Waals surface area (Å²) >= 11 is 0. The van der Waals surface area contributed by atoms with Crippen molar-refractivity contribution in [1.82, 2.24) is 4.98 Å². The summed E-state index contributed by atoms with van der Waals surface area (Å²) in [4.78, 5) is 15.5. The average molecular weight is 299 g/mol. The predicted octanol–water partition coefficient (Wildman–Crippen LogP) is 2.93. The number of pyridine rings is 1. The van der Waals surface area contributed by atoms with Crippen molar-refractivity contribution in [3.05, 3.63) is 53.2 Å². The minimum atomic E-state index is -1.30. The number of hydrogen-bond acceptors (Lipinski definition) is 3. The lowest BCUT2D eigenvalue weighted by Gasteiger charge is -2.09. The summed E-state index contributed by atoms with van der Waals surface area (Å²) in [6.45, 7) is 0. The monoisotopic (exact) mass is 299 g/mol. The number of rotatable bonds is 3. The number of nitrogens with one attached hydrogen (secondary N) is 2. The van der Waals surface area contributed by atoms with Gasteiger partial charge < -0.3 is 10.6 Å². The summed E-state index contributed by atoms with van der Waals surface area (Å²) in [5.41, 5.74) is -1.32. The Labute approximate surface area is 116 Å². The van der Waals surface area contributed by atoms with Gasteiger partial charge in [0.05, 0.1) is 5.56 Å². The maximum absolute atomic E-state index is 13.9. The quantitative estimate of drug-likeness (QED) is 0.857. The van der Waals surface area contributed by atoms with Crippen molar-refractivity contribution in [1.29, 1.82) is 0 Å². The maximum Gasteiger partial charge on any atom is 0.258 e. The lowest BCUT2D eigenvalue weighted by molar-refractivity contribution is 0.102. The van der Waals surface area contributed by atoms with Gasteiger partial charge in [-0.2, -0.15) is 0 Å². The highest BCUT2D eigenvalue weighted by Gasteiger charge is 2.19. The Hall–Kier alpha value is -2.64. The molecule has 0 spiro atoms. The van der Waals surface area contributed by atoms with Crippen LogP contribution in [0.15, 0.2) is 24.4 Å². The fourth-order valence-corrected chi connectivity index (χ4v) is 1.64. The molecule has 0 fully saturated rings. The van der Waals surface area contributed by atoms with Crippen LogP contribution in [0.4, 0.5) is 29.1 Å². The third-order valence-electron chi connectivity index (χ3n) is 2.62. The highest BCUT2D eigenvalue weighted by Crippen LogP contribution is 2.22. The largest absolute Gasteiger partial charge is 0.371 e. The van der Waals surface area contributed by atoms with Crippen LogP contribution in [-0.4, -0.2) is 17.9 Å². The number of halogens is 4. The van der Waals surface area contributed by atoms with Crippen LogP contribution in [0.1, 0.15) is 10.4 Å². The molecule has 0 aliphatic heterocycles. The van der Waals surface area contributed by atoms with Crippen molar-refractivity contribution >= 4 is 17.4 Å². The Balaban J connectivity index is 2.35.